The van der Waals surface area contributed by atoms with Crippen molar-refractivity contribution in [2.24, 2.45) is 5.92 Å². The number of nitriles is 1. The minimum Gasteiger partial charge on any atom is -0.440 e. The second-order valence-corrected chi connectivity index (χ2v) is 7.47. The highest BCUT2D eigenvalue weighted by Crippen LogP contribution is 2.30. The highest BCUT2D eigenvalue weighted by molar-refractivity contribution is 6.30. The van der Waals surface area contributed by atoms with E-state index in [-0.39, 0.29) is 5.92 Å². The van der Waals surface area contributed by atoms with E-state index >= 15 is 0 Å². The maximum atomic E-state index is 12.9. The average Bonchev–Trinajstić information content (AvgIpc) is 2.74. The Morgan fingerprint density at radius 1 is 1.00 bits per heavy atom. The normalized spacial score (nSPS) is 12.8. The topological polar surface area (TPSA) is 63.0 Å². The lowest BCUT2D eigenvalue weighted by atomic mass is 9.88. The quantitative estimate of drug-likeness (QED) is 0.476. The van der Waals surface area contributed by atoms with E-state index < -0.39 is 18.0 Å². The monoisotopic (exact) mass is 404 g/mol. The van der Waals surface area contributed by atoms with Gasteiger partial charge >= 0.3 is 5.97 Å². The molecular formula is C24H21ClN2O2. The zero-order valence-corrected chi connectivity index (χ0v) is 17.0. The number of esters is 1. The largest absolute Gasteiger partial charge is 0.440 e. The van der Waals surface area contributed by atoms with E-state index in [0.29, 0.717) is 10.7 Å². The van der Waals surface area contributed by atoms with Gasteiger partial charge < -0.3 is 4.74 Å². The van der Waals surface area contributed by atoms with Crippen molar-refractivity contribution < 1.29 is 9.53 Å². The van der Waals surface area contributed by atoms with Crippen molar-refractivity contribution in [3.63, 3.8) is 0 Å². The number of aromatic nitrogens is 1. The van der Waals surface area contributed by atoms with Crippen molar-refractivity contribution >= 4 is 17.6 Å². The predicted molar refractivity (Wildman–Crippen MR) is 113 cm³/mol. The molecule has 0 radical (unpaired) electrons. The first-order valence-electron chi connectivity index (χ1n) is 9.37. The standard InChI is InChI=1S/C24H21ClN2O2/c1-16(2)23(18-11-13-19(25)14-12-18)24(28)29-22(15-26)21-10-6-9-20(27-21)17-7-4-3-5-8-17/h3-14,16,22-23H,1-2H3. The minimum absolute atomic E-state index is 0.00775. The van der Waals surface area contributed by atoms with Crippen molar-refractivity contribution in [2.45, 2.75) is 25.9 Å². The Hall–Kier alpha value is -3.16. The summed E-state index contributed by atoms with van der Waals surface area (Å²) in [6, 6.07) is 24.2. The van der Waals surface area contributed by atoms with E-state index in [4.69, 9.17) is 16.3 Å². The van der Waals surface area contributed by atoms with Gasteiger partial charge in [0.25, 0.3) is 0 Å². The minimum atomic E-state index is -1.08. The van der Waals surface area contributed by atoms with Crippen LogP contribution in [-0.2, 0) is 9.53 Å². The van der Waals surface area contributed by atoms with Crippen LogP contribution in [0.3, 0.4) is 0 Å². The fourth-order valence-corrected chi connectivity index (χ4v) is 3.30. The van der Waals surface area contributed by atoms with E-state index in [9.17, 15) is 10.1 Å². The van der Waals surface area contributed by atoms with Crippen LogP contribution in [0.25, 0.3) is 11.3 Å². The van der Waals surface area contributed by atoms with Crippen molar-refractivity contribution in [3.8, 4) is 17.3 Å². The van der Waals surface area contributed by atoms with Gasteiger partial charge in [0.05, 0.1) is 17.3 Å². The number of ether oxygens (including phenoxy) is 1. The van der Waals surface area contributed by atoms with Crippen LogP contribution < -0.4 is 0 Å². The van der Waals surface area contributed by atoms with Crippen LogP contribution in [-0.4, -0.2) is 11.0 Å². The first kappa shape index (κ1) is 20.6. The molecule has 0 spiro atoms. The lowest BCUT2D eigenvalue weighted by Crippen LogP contribution is -2.23. The fraction of sp³-hybridized carbons (Fsp3) is 0.208. The molecule has 0 aliphatic rings. The van der Waals surface area contributed by atoms with Crippen molar-refractivity contribution in [2.75, 3.05) is 0 Å². The first-order valence-corrected chi connectivity index (χ1v) is 9.75. The second-order valence-electron chi connectivity index (χ2n) is 7.03. The van der Waals surface area contributed by atoms with Crippen molar-refractivity contribution in [1.29, 1.82) is 5.26 Å². The van der Waals surface area contributed by atoms with Gasteiger partial charge in [0.1, 0.15) is 6.07 Å². The summed E-state index contributed by atoms with van der Waals surface area (Å²) < 4.78 is 5.59. The molecule has 1 heterocycles. The predicted octanol–water partition coefficient (Wildman–Crippen LogP) is 5.95. The van der Waals surface area contributed by atoms with Crippen LogP contribution in [0.5, 0.6) is 0 Å². The lowest BCUT2D eigenvalue weighted by Gasteiger charge is -2.21. The summed E-state index contributed by atoms with van der Waals surface area (Å²) in [4.78, 5) is 17.5. The molecule has 3 aromatic rings. The maximum Gasteiger partial charge on any atom is 0.315 e. The second kappa shape index (κ2) is 9.36. The number of hydrogen-bond donors (Lipinski definition) is 0. The highest BCUT2D eigenvalue weighted by Gasteiger charge is 2.29. The van der Waals surface area contributed by atoms with Gasteiger partial charge in [-0.05, 0) is 35.7 Å². The Labute approximate surface area is 175 Å². The third kappa shape index (κ3) is 5.01. The van der Waals surface area contributed by atoms with E-state index in [1.165, 1.54) is 0 Å². The van der Waals surface area contributed by atoms with Gasteiger partial charge in [-0.1, -0.05) is 74.0 Å². The molecule has 2 unspecified atom stereocenters. The van der Waals surface area contributed by atoms with Gasteiger partial charge in [-0.15, -0.1) is 0 Å². The Morgan fingerprint density at radius 2 is 1.69 bits per heavy atom. The Balaban J connectivity index is 1.84. The molecule has 0 amide bonds. The summed E-state index contributed by atoms with van der Waals surface area (Å²) in [6.45, 7) is 3.88. The molecule has 3 rings (SSSR count). The summed E-state index contributed by atoms with van der Waals surface area (Å²) in [5.74, 6) is -0.965. The van der Waals surface area contributed by atoms with Gasteiger partial charge in [0, 0.05) is 10.6 Å². The number of pyridine rings is 1. The van der Waals surface area contributed by atoms with E-state index in [0.717, 1.165) is 16.8 Å². The molecule has 2 aromatic carbocycles. The molecule has 146 valence electrons. The average molecular weight is 405 g/mol. The van der Waals surface area contributed by atoms with E-state index in [2.05, 4.69) is 11.1 Å². The number of halogens is 1. The molecule has 0 bridgehead atoms. The highest BCUT2D eigenvalue weighted by atomic mass is 35.5. The van der Waals surface area contributed by atoms with Crippen molar-refractivity contribution in [1.82, 2.24) is 4.98 Å². The third-order valence-electron chi connectivity index (χ3n) is 4.61. The molecule has 2 atom stereocenters. The van der Waals surface area contributed by atoms with Gasteiger partial charge in [-0.2, -0.15) is 5.26 Å². The third-order valence-corrected chi connectivity index (χ3v) is 4.86. The van der Waals surface area contributed by atoms with Crippen LogP contribution in [0.1, 0.15) is 37.1 Å². The summed E-state index contributed by atoms with van der Waals surface area (Å²) in [5.41, 5.74) is 2.86. The smallest absolute Gasteiger partial charge is 0.315 e. The maximum absolute atomic E-state index is 12.9. The number of nitrogens with zero attached hydrogens (tertiary/aromatic N) is 2. The molecule has 0 N–H and O–H groups in total. The Bertz CT molecular complexity index is 1010. The van der Waals surface area contributed by atoms with Gasteiger partial charge in [-0.3, -0.25) is 4.79 Å². The van der Waals surface area contributed by atoms with Crippen LogP contribution >= 0.6 is 11.6 Å². The number of carbonyl (C=O) groups excluding carboxylic acids is 1. The summed E-state index contributed by atoms with van der Waals surface area (Å²) >= 11 is 5.96. The van der Waals surface area contributed by atoms with E-state index in [1.807, 2.05) is 68.4 Å². The van der Waals surface area contributed by atoms with Crippen LogP contribution in [0.4, 0.5) is 0 Å². The number of benzene rings is 2. The molecule has 0 aliphatic carbocycles. The Kier molecular flexibility index (Phi) is 6.64. The molecule has 0 fully saturated rings. The molecular weight excluding hydrogens is 384 g/mol. The van der Waals surface area contributed by atoms with Crippen molar-refractivity contribution in [3.05, 3.63) is 89.1 Å². The summed E-state index contributed by atoms with van der Waals surface area (Å²) in [7, 11) is 0. The number of rotatable bonds is 6. The molecule has 1 aromatic heterocycles. The molecule has 4 nitrogen and oxygen atoms in total. The lowest BCUT2D eigenvalue weighted by molar-refractivity contribution is -0.150. The molecule has 0 aliphatic heterocycles. The summed E-state index contributed by atoms with van der Waals surface area (Å²) in [6.07, 6.45) is -1.08. The Morgan fingerprint density at radius 3 is 2.31 bits per heavy atom. The zero-order valence-electron chi connectivity index (χ0n) is 16.2. The first-order chi connectivity index (χ1) is 14.0. The SMILES string of the molecule is CC(C)C(C(=O)OC(C#N)c1cccc(-c2ccccc2)n1)c1ccc(Cl)cc1. The van der Waals surface area contributed by atoms with E-state index in [1.54, 1.807) is 18.2 Å². The van der Waals surface area contributed by atoms with Crippen LogP contribution in [0.15, 0.2) is 72.8 Å². The van der Waals surface area contributed by atoms with Gasteiger partial charge in [0.15, 0.2) is 0 Å². The van der Waals surface area contributed by atoms with Crippen LogP contribution in [0.2, 0.25) is 5.02 Å². The molecule has 0 saturated heterocycles. The zero-order chi connectivity index (χ0) is 20.8. The van der Waals surface area contributed by atoms with Gasteiger partial charge in [0.2, 0.25) is 6.10 Å². The summed E-state index contributed by atoms with van der Waals surface area (Å²) in [5, 5.41) is 10.2. The molecule has 5 heteroatoms. The molecule has 29 heavy (non-hydrogen) atoms. The fourth-order valence-electron chi connectivity index (χ4n) is 3.17. The van der Waals surface area contributed by atoms with Gasteiger partial charge in [-0.25, -0.2) is 4.98 Å². The number of hydrogen-bond acceptors (Lipinski definition) is 4. The van der Waals surface area contributed by atoms with Crippen LogP contribution in [0, 0.1) is 17.2 Å². The molecule has 0 saturated carbocycles. The number of carbonyl (C=O) groups is 1.